The lowest BCUT2D eigenvalue weighted by molar-refractivity contribution is -0.139. The maximum Gasteiger partial charge on any atom is 0.326 e. The Morgan fingerprint density at radius 3 is 2.42 bits per heavy atom. The molecule has 1 aromatic carbocycles. The number of carbonyl (C=O) groups is 2. The molecule has 1 amide bonds. The standard InChI is InChI=1S/C13H15Br2NO3/c1-7(2)5-11(13(18)19)16-12(17)9-4-3-8(14)6-10(9)15/h3-4,6-7,11H,5H2,1-2H3,(H,16,17)(H,18,19)/t11-/m1/s1. The number of hydrogen-bond donors (Lipinski definition) is 2. The molecule has 1 rings (SSSR count). The number of aliphatic carboxylic acids is 1. The van der Waals surface area contributed by atoms with Gasteiger partial charge in [0.05, 0.1) is 5.56 Å². The van der Waals surface area contributed by atoms with Crippen LogP contribution in [0.2, 0.25) is 0 Å². The van der Waals surface area contributed by atoms with E-state index in [4.69, 9.17) is 5.11 Å². The molecule has 0 aliphatic rings. The van der Waals surface area contributed by atoms with Gasteiger partial charge in [0, 0.05) is 8.95 Å². The average molecular weight is 393 g/mol. The molecule has 0 heterocycles. The zero-order valence-corrected chi connectivity index (χ0v) is 13.8. The quantitative estimate of drug-likeness (QED) is 0.806. The highest BCUT2D eigenvalue weighted by atomic mass is 79.9. The third kappa shape index (κ3) is 4.95. The molecular formula is C13H15Br2NO3. The van der Waals surface area contributed by atoms with Gasteiger partial charge in [0.15, 0.2) is 0 Å². The van der Waals surface area contributed by atoms with Crippen molar-refractivity contribution in [1.29, 1.82) is 0 Å². The molecule has 0 radical (unpaired) electrons. The van der Waals surface area contributed by atoms with Crippen LogP contribution in [0, 0.1) is 5.92 Å². The second kappa shape index (κ2) is 7.05. The highest BCUT2D eigenvalue weighted by Gasteiger charge is 2.22. The summed E-state index contributed by atoms with van der Waals surface area (Å²) in [6.07, 6.45) is 0.398. The number of benzene rings is 1. The molecule has 0 aromatic heterocycles. The molecular weight excluding hydrogens is 378 g/mol. The van der Waals surface area contributed by atoms with Crippen molar-refractivity contribution in [3.63, 3.8) is 0 Å². The average Bonchev–Trinajstić information content (AvgIpc) is 2.26. The summed E-state index contributed by atoms with van der Waals surface area (Å²) in [5.74, 6) is -1.22. The second-order valence-electron chi connectivity index (χ2n) is 4.62. The first-order valence-electron chi connectivity index (χ1n) is 5.80. The maximum absolute atomic E-state index is 12.1. The molecule has 2 N–H and O–H groups in total. The van der Waals surface area contributed by atoms with Crippen LogP contribution in [-0.2, 0) is 4.79 Å². The molecule has 0 aliphatic carbocycles. The van der Waals surface area contributed by atoms with Gasteiger partial charge in [-0.15, -0.1) is 0 Å². The first-order chi connectivity index (χ1) is 8.81. The number of nitrogens with one attached hydrogen (secondary N) is 1. The number of carboxylic acids is 1. The molecule has 0 unspecified atom stereocenters. The predicted octanol–water partition coefficient (Wildman–Crippen LogP) is 3.44. The molecule has 4 nitrogen and oxygen atoms in total. The van der Waals surface area contributed by atoms with Crippen molar-refractivity contribution in [2.45, 2.75) is 26.3 Å². The van der Waals surface area contributed by atoms with E-state index in [0.717, 1.165) is 4.47 Å². The molecule has 1 aromatic rings. The van der Waals surface area contributed by atoms with Crippen molar-refractivity contribution in [2.75, 3.05) is 0 Å². The molecule has 19 heavy (non-hydrogen) atoms. The van der Waals surface area contributed by atoms with Gasteiger partial charge < -0.3 is 10.4 Å². The van der Waals surface area contributed by atoms with Gasteiger partial charge in [-0.1, -0.05) is 29.8 Å². The van der Waals surface area contributed by atoms with Crippen molar-refractivity contribution >= 4 is 43.7 Å². The fraction of sp³-hybridized carbons (Fsp3) is 0.385. The third-order valence-corrected chi connectivity index (χ3v) is 3.64. The Hall–Kier alpha value is -0.880. The minimum absolute atomic E-state index is 0.190. The summed E-state index contributed by atoms with van der Waals surface area (Å²) in [7, 11) is 0. The number of amides is 1. The monoisotopic (exact) mass is 391 g/mol. The summed E-state index contributed by atoms with van der Waals surface area (Å²) < 4.78 is 1.46. The summed E-state index contributed by atoms with van der Waals surface area (Å²) in [4.78, 5) is 23.2. The first kappa shape index (κ1) is 16.2. The fourth-order valence-corrected chi connectivity index (χ4v) is 2.83. The lowest BCUT2D eigenvalue weighted by Gasteiger charge is -2.17. The highest BCUT2D eigenvalue weighted by molar-refractivity contribution is 9.11. The number of carboxylic acid groups (broad SMARTS) is 1. The van der Waals surface area contributed by atoms with Crippen LogP contribution in [0.4, 0.5) is 0 Å². The van der Waals surface area contributed by atoms with Crippen LogP contribution in [-0.4, -0.2) is 23.0 Å². The largest absolute Gasteiger partial charge is 0.480 e. The van der Waals surface area contributed by atoms with Gasteiger partial charge >= 0.3 is 5.97 Å². The van der Waals surface area contributed by atoms with Crippen LogP contribution < -0.4 is 5.32 Å². The number of rotatable bonds is 5. The second-order valence-corrected chi connectivity index (χ2v) is 6.39. The van der Waals surface area contributed by atoms with E-state index in [-0.39, 0.29) is 5.92 Å². The van der Waals surface area contributed by atoms with Gasteiger partial charge in [0.2, 0.25) is 0 Å². The Bertz CT molecular complexity index is 489. The smallest absolute Gasteiger partial charge is 0.326 e. The summed E-state index contributed by atoms with van der Waals surface area (Å²) >= 11 is 6.58. The minimum Gasteiger partial charge on any atom is -0.480 e. The zero-order valence-electron chi connectivity index (χ0n) is 10.6. The van der Waals surface area contributed by atoms with Crippen molar-refractivity contribution in [2.24, 2.45) is 5.92 Å². The van der Waals surface area contributed by atoms with E-state index in [2.05, 4.69) is 37.2 Å². The lowest BCUT2D eigenvalue weighted by Crippen LogP contribution is -2.41. The van der Waals surface area contributed by atoms with Crippen molar-refractivity contribution in [3.8, 4) is 0 Å². The van der Waals surface area contributed by atoms with E-state index >= 15 is 0 Å². The van der Waals surface area contributed by atoms with Gasteiger partial charge in [0.1, 0.15) is 6.04 Å². The minimum atomic E-state index is -1.02. The van der Waals surface area contributed by atoms with Gasteiger partial charge in [-0.05, 0) is 46.5 Å². The van der Waals surface area contributed by atoms with Gasteiger partial charge in [-0.25, -0.2) is 4.79 Å². The molecule has 0 bridgehead atoms. The van der Waals surface area contributed by atoms with E-state index < -0.39 is 17.9 Å². The maximum atomic E-state index is 12.1. The van der Waals surface area contributed by atoms with Crippen LogP contribution in [0.15, 0.2) is 27.1 Å². The van der Waals surface area contributed by atoms with E-state index in [0.29, 0.717) is 16.5 Å². The van der Waals surface area contributed by atoms with Crippen LogP contribution in [0.1, 0.15) is 30.6 Å². The summed E-state index contributed by atoms with van der Waals surface area (Å²) in [5, 5.41) is 11.6. The predicted molar refractivity (Wildman–Crippen MR) is 80.2 cm³/mol. The van der Waals surface area contributed by atoms with Crippen molar-refractivity contribution in [1.82, 2.24) is 5.32 Å². The third-order valence-electron chi connectivity index (χ3n) is 2.49. The highest BCUT2D eigenvalue weighted by Crippen LogP contribution is 2.22. The number of carbonyl (C=O) groups excluding carboxylic acids is 1. The summed E-state index contributed by atoms with van der Waals surface area (Å²) in [6.45, 7) is 3.83. The summed E-state index contributed by atoms with van der Waals surface area (Å²) in [5.41, 5.74) is 0.415. The Morgan fingerprint density at radius 1 is 1.32 bits per heavy atom. The van der Waals surface area contributed by atoms with Crippen LogP contribution in [0.3, 0.4) is 0 Å². The van der Waals surface area contributed by atoms with E-state index in [1.54, 1.807) is 18.2 Å². The summed E-state index contributed by atoms with van der Waals surface area (Å²) in [6, 6.07) is 4.24. The molecule has 104 valence electrons. The fourth-order valence-electron chi connectivity index (χ4n) is 1.60. The normalized spacial score (nSPS) is 12.3. The van der Waals surface area contributed by atoms with Crippen LogP contribution >= 0.6 is 31.9 Å². The van der Waals surface area contributed by atoms with E-state index in [9.17, 15) is 9.59 Å². The van der Waals surface area contributed by atoms with Crippen LogP contribution in [0.5, 0.6) is 0 Å². The molecule has 0 fully saturated rings. The van der Waals surface area contributed by atoms with Gasteiger partial charge in [-0.3, -0.25) is 4.79 Å². The molecule has 6 heteroatoms. The van der Waals surface area contributed by atoms with Crippen LogP contribution in [0.25, 0.3) is 0 Å². The number of halogens is 2. The molecule has 1 atom stereocenters. The molecule has 0 saturated heterocycles. The Labute approximate surface area is 128 Å². The van der Waals surface area contributed by atoms with E-state index in [1.165, 1.54) is 0 Å². The zero-order chi connectivity index (χ0) is 14.6. The first-order valence-corrected chi connectivity index (χ1v) is 7.38. The lowest BCUT2D eigenvalue weighted by atomic mass is 10.0. The van der Waals surface area contributed by atoms with Crippen molar-refractivity contribution < 1.29 is 14.7 Å². The van der Waals surface area contributed by atoms with E-state index in [1.807, 2.05) is 13.8 Å². The topological polar surface area (TPSA) is 66.4 Å². The Morgan fingerprint density at radius 2 is 1.95 bits per heavy atom. The van der Waals surface area contributed by atoms with Gasteiger partial charge in [-0.2, -0.15) is 0 Å². The van der Waals surface area contributed by atoms with Crippen molar-refractivity contribution in [3.05, 3.63) is 32.7 Å². The Balaban J connectivity index is 2.84. The SMILES string of the molecule is CC(C)C[C@@H](NC(=O)c1ccc(Br)cc1Br)C(=O)O. The number of hydrogen-bond acceptors (Lipinski definition) is 2. The molecule has 0 saturated carbocycles. The van der Waals surface area contributed by atoms with Gasteiger partial charge in [0.25, 0.3) is 5.91 Å². The Kier molecular flexibility index (Phi) is 6.00. The molecule has 0 aliphatic heterocycles. The molecule has 0 spiro atoms.